The minimum absolute atomic E-state index is 0.250. The van der Waals surface area contributed by atoms with Crippen LogP contribution in [0.1, 0.15) is 6.42 Å². The third-order valence-corrected chi connectivity index (χ3v) is 2.02. The van der Waals surface area contributed by atoms with Crippen molar-refractivity contribution in [3.63, 3.8) is 0 Å². The Morgan fingerprint density at radius 3 is 2.71 bits per heavy atom. The van der Waals surface area contributed by atoms with Crippen molar-refractivity contribution in [2.75, 3.05) is 13.1 Å². The summed E-state index contributed by atoms with van der Waals surface area (Å²) in [7, 11) is 0. The highest BCUT2D eigenvalue weighted by atomic mass is 16.3. The molecule has 2 aliphatic rings. The summed E-state index contributed by atoms with van der Waals surface area (Å²) in [5.74, 6) is 0.604. The van der Waals surface area contributed by atoms with Gasteiger partial charge in [0.05, 0.1) is 5.60 Å². The number of piperidine rings is 1. The smallest absolute Gasteiger partial charge is 0.0816 e. The fourth-order valence-corrected chi connectivity index (χ4v) is 1.31. The van der Waals surface area contributed by atoms with E-state index in [9.17, 15) is 5.11 Å². The van der Waals surface area contributed by atoms with Gasteiger partial charge in [0, 0.05) is 19.0 Å². The molecule has 2 N–H and O–H groups in total. The molecule has 7 heavy (non-hydrogen) atoms. The van der Waals surface area contributed by atoms with Crippen LogP contribution in [0.25, 0.3) is 0 Å². The van der Waals surface area contributed by atoms with Gasteiger partial charge in [-0.3, -0.25) is 0 Å². The summed E-state index contributed by atoms with van der Waals surface area (Å²) in [6.07, 6.45) is 1.04. The molecule has 2 nitrogen and oxygen atoms in total. The molecular formula is C5H9NO. The monoisotopic (exact) mass is 99.1 g/mol. The van der Waals surface area contributed by atoms with Crippen molar-refractivity contribution in [3.8, 4) is 0 Å². The van der Waals surface area contributed by atoms with E-state index in [2.05, 4.69) is 5.32 Å². The molecule has 2 fully saturated rings. The Balaban J connectivity index is 2.17. The van der Waals surface area contributed by atoms with Crippen LogP contribution < -0.4 is 5.32 Å². The largest absolute Gasteiger partial charge is 0.388 e. The van der Waals surface area contributed by atoms with Gasteiger partial charge in [0.2, 0.25) is 0 Å². The van der Waals surface area contributed by atoms with E-state index in [1.807, 2.05) is 0 Å². The van der Waals surface area contributed by atoms with Crippen LogP contribution in [0.4, 0.5) is 0 Å². The van der Waals surface area contributed by atoms with Gasteiger partial charge in [0.15, 0.2) is 0 Å². The first-order valence-electron chi connectivity index (χ1n) is 2.74. The van der Waals surface area contributed by atoms with Gasteiger partial charge >= 0.3 is 0 Å². The second-order valence-electron chi connectivity index (χ2n) is 2.64. The van der Waals surface area contributed by atoms with Crippen LogP contribution in [0, 0.1) is 5.92 Å². The fraction of sp³-hybridized carbons (Fsp3) is 1.00. The van der Waals surface area contributed by atoms with E-state index in [1.54, 1.807) is 0 Å². The van der Waals surface area contributed by atoms with Crippen molar-refractivity contribution in [2.24, 2.45) is 5.92 Å². The summed E-state index contributed by atoms with van der Waals surface area (Å²) < 4.78 is 0. The van der Waals surface area contributed by atoms with Crippen LogP contribution in [0.2, 0.25) is 0 Å². The highest BCUT2D eigenvalue weighted by Crippen LogP contribution is 2.45. The van der Waals surface area contributed by atoms with Gasteiger partial charge in [-0.2, -0.15) is 0 Å². The van der Waals surface area contributed by atoms with Crippen LogP contribution in [0.15, 0.2) is 0 Å². The second-order valence-corrected chi connectivity index (χ2v) is 2.64. The van der Waals surface area contributed by atoms with Crippen molar-refractivity contribution >= 4 is 0 Å². The fourth-order valence-electron chi connectivity index (χ4n) is 1.31. The van der Waals surface area contributed by atoms with E-state index in [0.29, 0.717) is 5.92 Å². The van der Waals surface area contributed by atoms with Crippen LogP contribution in [0.5, 0.6) is 0 Å². The molecule has 0 amide bonds. The molecule has 1 saturated carbocycles. The molecule has 0 spiro atoms. The SMILES string of the molecule is O[C@@]12CNC[C@@H]1C2. The molecular weight excluding hydrogens is 90.1 g/mol. The van der Waals surface area contributed by atoms with Crippen LogP contribution >= 0.6 is 0 Å². The molecule has 0 aromatic heterocycles. The summed E-state index contributed by atoms with van der Waals surface area (Å²) in [6.45, 7) is 1.87. The lowest BCUT2D eigenvalue weighted by Crippen LogP contribution is -2.19. The Morgan fingerprint density at radius 1 is 1.71 bits per heavy atom. The average Bonchev–Trinajstić information content (AvgIpc) is 2.09. The average molecular weight is 99.1 g/mol. The summed E-state index contributed by atoms with van der Waals surface area (Å²) in [5.41, 5.74) is -0.250. The number of hydrogen-bond acceptors (Lipinski definition) is 2. The lowest BCUT2D eigenvalue weighted by atomic mass is 10.3. The number of aliphatic hydroxyl groups is 1. The van der Waals surface area contributed by atoms with E-state index in [1.165, 1.54) is 0 Å². The maximum Gasteiger partial charge on any atom is 0.0816 e. The molecule has 0 radical (unpaired) electrons. The molecule has 40 valence electrons. The quantitative estimate of drug-likeness (QED) is 0.422. The van der Waals surface area contributed by atoms with Gasteiger partial charge in [-0.1, -0.05) is 0 Å². The predicted molar refractivity (Wildman–Crippen MR) is 25.9 cm³/mol. The number of hydrogen-bond donors (Lipinski definition) is 2. The molecule has 1 aliphatic heterocycles. The minimum atomic E-state index is -0.250. The number of β-amino-alcohol motifs (C(OH)–C–C–N with tert-alkyl or cyclic N) is 1. The van der Waals surface area contributed by atoms with Gasteiger partial charge in [-0.05, 0) is 6.42 Å². The molecule has 2 heteroatoms. The molecule has 1 aliphatic carbocycles. The Morgan fingerprint density at radius 2 is 2.57 bits per heavy atom. The molecule has 0 unspecified atom stereocenters. The van der Waals surface area contributed by atoms with Crippen LogP contribution in [-0.2, 0) is 0 Å². The maximum atomic E-state index is 9.21. The number of rotatable bonds is 0. The van der Waals surface area contributed by atoms with Gasteiger partial charge in [-0.25, -0.2) is 0 Å². The van der Waals surface area contributed by atoms with Crippen molar-refractivity contribution in [2.45, 2.75) is 12.0 Å². The normalized spacial score (nSPS) is 57.0. The maximum absolute atomic E-state index is 9.21. The lowest BCUT2D eigenvalue weighted by Gasteiger charge is -1.97. The standard InChI is InChI=1S/C5H9NO/c7-5-1-4(5)2-6-3-5/h4,6-7H,1-3H2/t4-,5-/m0/s1. The van der Waals surface area contributed by atoms with Crippen LogP contribution in [0.3, 0.4) is 0 Å². The van der Waals surface area contributed by atoms with Crippen molar-refractivity contribution in [1.29, 1.82) is 0 Å². The Kier molecular flexibility index (Phi) is 0.474. The van der Waals surface area contributed by atoms with E-state index in [-0.39, 0.29) is 5.60 Å². The highest BCUT2D eigenvalue weighted by Gasteiger charge is 2.55. The summed E-state index contributed by atoms with van der Waals surface area (Å²) in [4.78, 5) is 0. The third-order valence-electron chi connectivity index (χ3n) is 2.02. The summed E-state index contributed by atoms with van der Waals surface area (Å²) >= 11 is 0. The first-order valence-corrected chi connectivity index (χ1v) is 2.74. The van der Waals surface area contributed by atoms with Crippen LogP contribution in [-0.4, -0.2) is 23.8 Å². The second kappa shape index (κ2) is 0.858. The molecule has 0 aromatic rings. The number of nitrogens with one attached hydrogen (secondary N) is 1. The number of fused-ring (bicyclic) bond motifs is 1. The first kappa shape index (κ1) is 3.87. The summed E-state index contributed by atoms with van der Waals surface area (Å²) in [5, 5.41) is 12.3. The lowest BCUT2D eigenvalue weighted by molar-refractivity contribution is 0.155. The van der Waals surface area contributed by atoms with E-state index < -0.39 is 0 Å². The van der Waals surface area contributed by atoms with Crippen molar-refractivity contribution in [1.82, 2.24) is 5.32 Å². The molecule has 0 aromatic carbocycles. The van der Waals surface area contributed by atoms with Gasteiger partial charge in [0.25, 0.3) is 0 Å². The van der Waals surface area contributed by atoms with Gasteiger partial charge in [0.1, 0.15) is 0 Å². The van der Waals surface area contributed by atoms with E-state index >= 15 is 0 Å². The Hall–Kier alpha value is -0.0800. The first-order chi connectivity index (χ1) is 3.31. The van der Waals surface area contributed by atoms with Crippen molar-refractivity contribution in [3.05, 3.63) is 0 Å². The molecule has 2 rings (SSSR count). The molecule has 1 heterocycles. The van der Waals surface area contributed by atoms with Gasteiger partial charge < -0.3 is 10.4 Å². The zero-order valence-corrected chi connectivity index (χ0v) is 4.15. The highest BCUT2D eigenvalue weighted by molar-refractivity contribution is 5.10. The topological polar surface area (TPSA) is 32.3 Å². The zero-order chi connectivity index (χ0) is 4.91. The molecule has 0 bridgehead atoms. The molecule has 2 atom stereocenters. The molecule has 1 saturated heterocycles. The predicted octanol–water partition coefficient (Wildman–Crippen LogP) is -0.659. The van der Waals surface area contributed by atoms with E-state index in [0.717, 1.165) is 19.5 Å². The minimum Gasteiger partial charge on any atom is -0.388 e. The summed E-state index contributed by atoms with van der Waals surface area (Å²) in [6, 6.07) is 0. The van der Waals surface area contributed by atoms with Crippen molar-refractivity contribution < 1.29 is 5.11 Å². The zero-order valence-electron chi connectivity index (χ0n) is 4.15. The Bertz CT molecular complexity index is 102. The third kappa shape index (κ3) is 0.359. The van der Waals surface area contributed by atoms with E-state index in [4.69, 9.17) is 0 Å². The van der Waals surface area contributed by atoms with Gasteiger partial charge in [-0.15, -0.1) is 0 Å². The Labute approximate surface area is 42.5 Å².